The van der Waals surface area contributed by atoms with Crippen molar-refractivity contribution < 1.29 is 106 Å². The Hall–Kier alpha value is -5.17. The van der Waals surface area contributed by atoms with E-state index < -0.39 is 0 Å². The molecule has 86 heavy (non-hydrogen) atoms. The number of hydrogen-bond acceptors (Lipinski definition) is 11. The third-order valence-corrected chi connectivity index (χ3v) is 14.4. The van der Waals surface area contributed by atoms with Gasteiger partial charge in [0.15, 0.2) is 0 Å². The van der Waals surface area contributed by atoms with E-state index in [9.17, 15) is 0 Å². The van der Waals surface area contributed by atoms with E-state index in [0.29, 0.717) is 23.7 Å². The second kappa shape index (κ2) is 35.7. The van der Waals surface area contributed by atoms with Crippen molar-refractivity contribution in [3.8, 4) is 23.3 Å². The van der Waals surface area contributed by atoms with Gasteiger partial charge in [-0.15, -0.1) is 35.7 Å². The fourth-order valence-electron chi connectivity index (χ4n) is 7.74. The van der Waals surface area contributed by atoms with Gasteiger partial charge in [0.25, 0.3) is 0 Å². The minimum Gasteiger partial charge on any atom is -0.525 e. The van der Waals surface area contributed by atoms with E-state index in [2.05, 4.69) is 202 Å². The summed E-state index contributed by atoms with van der Waals surface area (Å²) in [6.07, 6.45) is 26.7. The maximum Gasteiger partial charge on any atom is 0.0917 e. The van der Waals surface area contributed by atoms with Crippen LogP contribution in [0.5, 0.6) is 0 Å². The van der Waals surface area contributed by atoms with Crippen molar-refractivity contribution in [3.05, 3.63) is 211 Å². The fourth-order valence-corrected chi connectivity index (χ4v) is 7.74. The molecule has 0 N–H and O–H groups in total. The van der Waals surface area contributed by atoms with Crippen LogP contribution in [0.2, 0.25) is 0 Å². The van der Waals surface area contributed by atoms with E-state index in [4.69, 9.17) is 4.74 Å². The molecule has 0 aliphatic carbocycles. The van der Waals surface area contributed by atoms with E-state index in [0.717, 1.165) is 75.7 Å². The van der Waals surface area contributed by atoms with Crippen molar-refractivity contribution in [1.29, 1.82) is 0 Å². The van der Waals surface area contributed by atoms with E-state index in [-0.39, 0.29) is 118 Å². The van der Waals surface area contributed by atoms with Gasteiger partial charge in [-0.05, 0) is 120 Å². The summed E-state index contributed by atoms with van der Waals surface area (Å²) in [6, 6.07) is 37.2. The number of aromatic nitrogens is 14. The molecule has 4 radical (unpaired) electrons. The van der Waals surface area contributed by atoms with Crippen LogP contribution < -0.4 is 0 Å². The molecule has 1 aromatic carbocycles. The van der Waals surface area contributed by atoms with Crippen LogP contribution in [-0.2, 0) is 112 Å². The Labute approximate surface area is 578 Å². The van der Waals surface area contributed by atoms with Crippen LogP contribution in [0, 0.1) is 49.3 Å². The zero-order valence-electron chi connectivity index (χ0n) is 51.4. The zero-order valence-corrected chi connectivity index (χ0v) is 63.3. The number of aryl methyl sites for hydroxylation is 1. The zero-order chi connectivity index (χ0) is 58.3. The number of nitrogens with zero attached hydrogens (tertiary/aromatic N) is 14. The van der Waals surface area contributed by atoms with Gasteiger partial charge in [-0.3, -0.25) is 15.2 Å². The van der Waals surface area contributed by atoms with E-state index in [1.165, 1.54) is 11.1 Å². The first-order valence-electron chi connectivity index (χ1n) is 27.8. The molecule has 468 valence electrons. The predicted molar refractivity (Wildman–Crippen MR) is 320 cm³/mol. The number of fused-ring (bicyclic) bond motifs is 1. The largest absolute Gasteiger partial charge is 0.525 e. The van der Waals surface area contributed by atoms with Gasteiger partial charge in [-0.2, -0.15) is 0 Å². The molecule has 0 fully saturated rings. The molecule has 0 bridgehead atoms. The molecule has 15 nitrogen and oxygen atoms in total. The summed E-state index contributed by atoms with van der Waals surface area (Å²) in [5.41, 5.74) is 6.12. The van der Waals surface area contributed by atoms with Crippen molar-refractivity contribution in [2.75, 3.05) is 0 Å². The van der Waals surface area contributed by atoms with Crippen molar-refractivity contribution >= 4 is 16.7 Å². The molecule has 0 amide bonds. The average Bonchev–Trinajstić information content (AvgIpc) is 4.39. The van der Waals surface area contributed by atoms with Crippen LogP contribution in [0.15, 0.2) is 146 Å². The molecule has 20 heteroatoms. The maximum atomic E-state index is 6.06. The van der Waals surface area contributed by atoms with Gasteiger partial charge in [-0.25, -0.2) is 16.3 Å². The van der Waals surface area contributed by atoms with Crippen LogP contribution in [0.25, 0.3) is 39.9 Å². The third kappa shape index (κ3) is 21.3. The van der Waals surface area contributed by atoms with Gasteiger partial charge >= 0.3 is 0 Å². The quantitative estimate of drug-likeness (QED) is 0.114. The molecular formula is C66H77Ir4N14OPt-5. The van der Waals surface area contributed by atoms with Crippen LogP contribution in [0.4, 0.5) is 0 Å². The van der Waals surface area contributed by atoms with E-state index >= 15 is 0 Å². The molecule has 10 heterocycles. The Morgan fingerprint density at radius 3 is 1.59 bits per heavy atom. The molecule has 1 aliphatic rings. The van der Waals surface area contributed by atoms with Crippen molar-refractivity contribution in [1.82, 2.24) is 69.0 Å². The van der Waals surface area contributed by atoms with Crippen LogP contribution >= 0.6 is 0 Å². The van der Waals surface area contributed by atoms with E-state index in [1.807, 2.05) is 110 Å². The molecule has 10 aromatic rings. The molecule has 11 rings (SSSR count). The van der Waals surface area contributed by atoms with E-state index in [1.54, 1.807) is 37.3 Å². The molecule has 0 spiro atoms. The van der Waals surface area contributed by atoms with Crippen molar-refractivity contribution in [2.24, 2.45) is 11.3 Å². The SMILES string of the molecule is CC(C)(C)c1c[c-]n(-c2ccccn2)n1.CC(C)C(C)c1ccnc(-n2[c-]c3ccccc3n2)c1.CCC(C)c1ccnc(C2=[C-]C(C)(C)C(C)(C)O2)c1.CCC(C)c1n[c-]n(-c2ccccn2)n1.Cc1c[c-]n(-c2ccccn2)n1.[Ir].[Ir].[Ir].[Ir].[Pt]. The molecule has 3 unspecified atom stereocenters. The number of rotatable bonds is 11. The first kappa shape index (κ1) is 76.9. The second-order valence-corrected chi connectivity index (χ2v) is 22.5. The van der Waals surface area contributed by atoms with Gasteiger partial charge in [0.05, 0.1) is 34.7 Å². The Morgan fingerprint density at radius 2 is 1.09 bits per heavy atom. The summed E-state index contributed by atoms with van der Waals surface area (Å²) in [5, 5.41) is 18.5. The number of ether oxygens (including phenoxy) is 1. The Morgan fingerprint density at radius 1 is 0.558 bits per heavy atom. The van der Waals surface area contributed by atoms with Gasteiger partial charge < -0.3 is 48.4 Å². The topological polar surface area (TPSA) is 158 Å². The first-order chi connectivity index (χ1) is 38.7. The second-order valence-electron chi connectivity index (χ2n) is 22.5. The molecule has 9 aromatic heterocycles. The Balaban J connectivity index is 0.000000365. The Bertz CT molecular complexity index is 3530. The molecular weight excluding hydrogens is 1970 g/mol. The van der Waals surface area contributed by atoms with Gasteiger partial charge in [-0.1, -0.05) is 169 Å². The molecule has 1 aliphatic heterocycles. The van der Waals surface area contributed by atoms with Crippen molar-refractivity contribution in [2.45, 2.75) is 145 Å². The average molecular weight is 2050 g/mol. The summed E-state index contributed by atoms with van der Waals surface area (Å²) in [5.74, 6) is 6.80. The monoisotopic (exact) mass is 2050 g/mol. The number of pyridine rings is 5. The number of hydrogen-bond donors (Lipinski definition) is 0. The fraction of sp³-hybridized carbons (Fsp3) is 0.364. The smallest absolute Gasteiger partial charge is 0.0917 e. The summed E-state index contributed by atoms with van der Waals surface area (Å²) >= 11 is 0. The minimum absolute atomic E-state index is 0. The number of benzene rings is 1. The summed E-state index contributed by atoms with van der Waals surface area (Å²) in [6.45, 7) is 32.2. The molecule has 0 saturated carbocycles. The van der Waals surface area contributed by atoms with Gasteiger partial charge in [0, 0.05) is 144 Å². The van der Waals surface area contributed by atoms with Crippen molar-refractivity contribution in [3.63, 3.8) is 0 Å². The summed E-state index contributed by atoms with van der Waals surface area (Å²) in [7, 11) is 0. The maximum absolute atomic E-state index is 6.06. The molecule has 3 atom stereocenters. The first-order valence-corrected chi connectivity index (χ1v) is 27.8. The van der Waals surface area contributed by atoms with Crippen LogP contribution in [0.1, 0.15) is 162 Å². The minimum atomic E-state index is -0.240. The third-order valence-electron chi connectivity index (χ3n) is 14.4. The Kier molecular flexibility index (Phi) is 32.0. The van der Waals surface area contributed by atoms with Gasteiger partial charge in [0.2, 0.25) is 0 Å². The standard InChI is InChI=1S/C17H18N3.C17H24NO.C12H14N3.C11H13N4.C9H8N3.4Ir.Pt/c1-12(2)13(3)14-8-9-18-17(10-14)20-11-15-6-4-5-7-16(15)19-20;1-7-12(2)13-8-9-18-14(10-13)15-11-16(3,4)17(5,6)19-15;1-12(2,3)10-7-9-15(14-10)11-6-4-5-8-13-11;1-3-9(2)11-13-8-15(14-11)10-6-4-5-7-12-10;1-8-5-7-12(11-8)9-4-2-3-6-10-9;;;;;/h4-10,12-13H,1-3H3;8-10,12H,7H2,1-6H3;4-8H,1-3H3;4-7,9H,3H2,1-2H3;2-6H,1H3;;;;;/q5*-1;;;;;. The molecule has 0 saturated heterocycles. The normalized spacial score (nSPS) is 13.5. The van der Waals surface area contributed by atoms with Crippen LogP contribution in [0.3, 0.4) is 0 Å². The van der Waals surface area contributed by atoms with Gasteiger partial charge in [0.1, 0.15) is 0 Å². The predicted octanol–water partition coefficient (Wildman–Crippen LogP) is 14.3. The van der Waals surface area contributed by atoms with Crippen LogP contribution in [-0.4, -0.2) is 74.6 Å². The summed E-state index contributed by atoms with van der Waals surface area (Å²) < 4.78 is 12.7. The summed E-state index contributed by atoms with van der Waals surface area (Å²) in [4.78, 5) is 25.5.